The summed E-state index contributed by atoms with van der Waals surface area (Å²) in [6, 6.07) is 9.20. The lowest BCUT2D eigenvalue weighted by Gasteiger charge is -2.06. The number of benzene rings is 1. The van der Waals surface area contributed by atoms with Gasteiger partial charge in [-0.05, 0) is 12.1 Å². The topological polar surface area (TPSA) is 62.2 Å². The number of amidine groups is 1. The minimum atomic E-state index is 0.0248. The first kappa shape index (κ1) is 10.2. The molecule has 0 saturated carbocycles. The molecular formula is C10H11N2O2. The fourth-order valence-corrected chi connectivity index (χ4v) is 0.866. The third-order valence-corrected chi connectivity index (χ3v) is 1.50. The fourth-order valence-electron chi connectivity index (χ4n) is 0.866. The van der Waals surface area contributed by atoms with E-state index in [0.29, 0.717) is 5.75 Å². The average molecular weight is 191 g/mol. The van der Waals surface area contributed by atoms with E-state index in [-0.39, 0.29) is 19.0 Å². The molecule has 2 N–H and O–H groups in total. The van der Waals surface area contributed by atoms with Crippen molar-refractivity contribution in [2.24, 2.45) is 0 Å². The highest BCUT2D eigenvalue weighted by molar-refractivity contribution is 5.82. The lowest BCUT2D eigenvalue weighted by molar-refractivity contribution is 0.371. The molecule has 0 atom stereocenters. The maximum absolute atomic E-state index is 9.86. The molecule has 1 radical (unpaired) electrons. The Morgan fingerprint density at radius 1 is 1.43 bits per heavy atom. The summed E-state index contributed by atoms with van der Waals surface area (Å²) in [5, 5.41) is 9.86. The van der Waals surface area contributed by atoms with Gasteiger partial charge in [-0.15, -0.1) is 0 Å². The maximum atomic E-state index is 9.86. The Labute approximate surface area is 82.4 Å². The van der Waals surface area contributed by atoms with Crippen LogP contribution in [-0.4, -0.2) is 25.3 Å². The monoisotopic (exact) mass is 191 g/mol. The zero-order chi connectivity index (χ0) is 10.2. The predicted octanol–water partition coefficient (Wildman–Crippen LogP) is 0.742. The molecule has 0 unspecified atom stereocenters. The third-order valence-electron chi connectivity index (χ3n) is 1.50. The quantitative estimate of drug-likeness (QED) is 0.533. The van der Waals surface area contributed by atoms with Crippen LogP contribution in [0.2, 0.25) is 0 Å². The first-order chi connectivity index (χ1) is 6.83. The maximum Gasteiger partial charge on any atom is 0.219 e. The van der Waals surface area contributed by atoms with Gasteiger partial charge in [-0.1, -0.05) is 18.2 Å². The van der Waals surface area contributed by atoms with Gasteiger partial charge in [-0.25, -0.2) is 0 Å². The molecule has 14 heavy (non-hydrogen) atoms. The Hall–Kier alpha value is -1.84. The van der Waals surface area contributed by atoms with Gasteiger partial charge in [0.05, 0.1) is 6.54 Å². The minimum absolute atomic E-state index is 0.0248. The van der Waals surface area contributed by atoms with Gasteiger partial charge in [0.25, 0.3) is 0 Å². The average Bonchev–Trinajstić information content (AvgIpc) is 2.25. The van der Waals surface area contributed by atoms with Gasteiger partial charge in [0, 0.05) is 0 Å². The van der Waals surface area contributed by atoms with E-state index in [1.165, 1.54) is 0 Å². The van der Waals surface area contributed by atoms with Crippen LogP contribution in [0, 0.1) is 5.41 Å². The molecule has 1 aromatic rings. The van der Waals surface area contributed by atoms with Crippen LogP contribution in [0.4, 0.5) is 0 Å². The molecule has 0 saturated heterocycles. The van der Waals surface area contributed by atoms with Crippen LogP contribution in [0.15, 0.2) is 30.3 Å². The van der Waals surface area contributed by atoms with Gasteiger partial charge in [-0.2, -0.15) is 0 Å². The second kappa shape index (κ2) is 5.75. The third kappa shape index (κ3) is 3.71. The van der Waals surface area contributed by atoms with E-state index >= 15 is 0 Å². The summed E-state index contributed by atoms with van der Waals surface area (Å²) in [4.78, 5) is 9.86. The van der Waals surface area contributed by atoms with Gasteiger partial charge in [0.15, 0.2) is 0 Å². The van der Waals surface area contributed by atoms with E-state index in [2.05, 4.69) is 5.32 Å². The van der Waals surface area contributed by atoms with Gasteiger partial charge in [0.1, 0.15) is 18.2 Å². The number of rotatable bonds is 5. The molecule has 4 nitrogen and oxygen atoms in total. The second-order valence-corrected chi connectivity index (χ2v) is 2.58. The Bertz CT molecular complexity index is 298. The molecule has 0 bridgehead atoms. The molecule has 0 aromatic heterocycles. The number of para-hydroxylation sites is 1. The van der Waals surface area contributed by atoms with E-state index in [1.54, 1.807) is 18.4 Å². The van der Waals surface area contributed by atoms with E-state index in [0.717, 1.165) is 0 Å². The Morgan fingerprint density at radius 3 is 2.79 bits per heavy atom. The van der Waals surface area contributed by atoms with Crippen molar-refractivity contribution in [3.63, 3.8) is 0 Å². The zero-order valence-corrected chi connectivity index (χ0v) is 7.62. The standard InChI is InChI=1S/C10H11N2O2/c11-10(12-6-7-13)8-14-9-4-2-1-3-5-9/h1-5H,6,8H2,(H2,11,12). The summed E-state index contributed by atoms with van der Waals surface area (Å²) in [7, 11) is 0. The zero-order valence-electron chi connectivity index (χ0n) is 7.62. The normalized spacial score (nSPS) is 9.14. The van der Waals surface area contributed by atoms with Crippen molar-refractivity contribution < 1.29 is 9.53 Å². The lowest BCUT2D eigenvalue weighted by Crippen LogP contribution is -2.29. The van der Waals surface area contributed by atoms with Crippen molar-refractivity contribution in [3.8, 4) is 5.75 Å². The molecule has 4 heteroatoms. The van der Waals surface area contributed by atoms with Crippen molar-refractivity contribution in [1.82, 2.24) is 5.32 Å². The highest BCUT2D eigenvalue weighted by atomic mass is 16.5. The first-order valence-electron chi connectivity index (χ1n) is 4.17. The molecule has 0 spiro atoms. The number of carbonyl (C=O) groups excluding carboxylic acids is 1. The number of hydrogen-bond acceptors (Lipinski definition) is 3. The van der Waals surface area contributed by atoms with E-state index < -0.39 is 0 Å². The van der Waals surface area contributed by atoms with Crippen LogP contribution in [0.1, 0.15) is 0 Å². The van der Waals surface area contributed by atoms with Crippen LogP contribution in [0.5, 0.6) is 5.75 Å². The van der Waals surface area contributed by atoms with Crippen LogP contribution in [-0.2, 0) is 4.79 Å². The van der Waals surface area contributed by atoms with Crippen LogP contribution < -0.4 is 10.1 Å². The van der Waals surface area contributed by atoms with E-state index in [9.17, 15) is 4.79 Å². The highest BCUT2D eigenvalue weighted by Gasteiger charge is 1.96. The Kier molecular flexibility index (Phi) is 4.20. The summed E-state index contributed by atoms with van der Waals surface area (Å²) in [5.41, 5.74) is 0. The smallest absolute Gasteiger partial charge is 0.219 e. The summed E-state index contributed by atoms with van der Waals surface area (Å²) >= 11 is 0. The van der Waals surface area contributed by atoms with Gasteiger partial charge in [0.2, 0.25) is 6.29 Å². The van der Waals surface area contributed by atoms with Gasteiger partial charge < -0.3 is 10.1 Å². The van der Waals surface area contributed by atoms with Crippen molar-refractivity contribution in [1.29, 1.82) is 5.41 Å². The molecule has 73 valence electrons. The summed E-state index contributed by atoms with van der Waals surface area (Å²) in [6.45, 7) is 0.155. The van der Waals surface area contributed by atoms with Crippen LogP contribution >= 0.6 is 0 Å². The molecule has 1 aromatic carbocycles. The van der Waals surface area contributed by atoms with Gasteiger partial charge in [-0.3, -0.25) is 10.2 Å². The molecular weight excluding hydrogens is 180 g/mol. The van der Waals surface area contributed by atoms with Gasteiger partial charge >= 0.3 is 0 Å². The summed E-state index contributed by atoms with van der Waals surface area (Å²) in [5.74, 6) is 0.867. The molecule has 0 aliphatic rings. The first-order valence-corrected chi connectivity index (χ1v) is 4.17. The van der Waals surface area contributed by atoms with Crippen LogP contribution in [0.25, 0.3) is 0 Å². The molecule has 1 rings (SSSR count). The molecule has 0 heterocycles. The molecule has 0 amide bonds. The number of nitrogens with one attached hydrogen (secondary N) is 2. The molecule has 0 aliphatic carbocycles. The van der Waals surface area contributed by atoms with E-state index in [4.69, 9.17) is 10.1 Å². The van der Waals surface area contributed by atoms with Crippen LogP contribution in [0.3, 0.4) is 0 Å². The molecule has 0 fully saturated rings. The Balaban J connectivity index is 2.27. The van der Waals surface area contributed by atoms with Crippen molar-refractivity contribution >= 4 is 12.1 Å². The van der Waals surface area contributed by atoms with Crippen molar-refractivity contribution in [2.45, 2.75) is 0 Å². The highest BCUT2D eigenvalue weighted by Crippen LogP contribution is 2.07. The SMILES string of the molecule is N=C(COc1ccccc1)NC[C]=O. The predicted molar refractivity (Wildman–Crippen MR) is 53.4 cm³/mol. The number of ether oxygens (including phenoxy) is 1. The number of hydrogen-bond donors (Lipinski definition) is 2. The summed E-state index contributed by atoms with van der Waals surface area (Å²) in [6.07, 6.45) is 1.64. The van der Waals surface area contributed by atoms with Crippen molar-refractivity contribution in [3.05, 3.63) is 30.3 Å². The summed E-state index contributed by atoms with van der Waals surface area (Å²) < 4.78 is 5.25. The largest absolute Gasteiger partial charge is 0.486 e. The fraction of sp³-hybridized carbons (Fsp3) is 0.200. The minimum Gasteiger partial charge on any atom is -0.486 e. The lowest BCUT2D eigenvalue weighted by atomic mass is 10.3. The second-order valence-electron chi connectivity index (χ2n) is 2.58. The molecule has 0 aliphatic heterocycles. The Morgan fingerprint density at radius 2 is 2.14 bits per heavy atom. The van der Waals surface area contributed by atoms with E-state index in [1.807, 2.05) is 18.2 Å². The van der Waals surface area contributed by atoms with Crippen molar-refractivity contribution in [2.75, 3.05) is 13.2 Å².